The van der Waals surface area contributed by atoms with Gasteiger partial charge in [0.1, 0.15) is 5.15 Å². The minimum atomic E-state index is -1.22. The average Bonchev–Trinajstić information content (AvgIpc) is 2.22. The number of anilines is 1. The maximum absolute atomic E-state index is 10.8. The summed E-state index contributed by atoms with van der Waals surface area (Å²) in [6, 6.07) is 1.47. The van der Waals surface area contributed by atoms with Crippen LogP contribution in [0.3, 0.4) is 0 Å². The Balaban J connectivity index is 3.14. The first kappa shape index (κ1) is 12.3. The Labute approximate surface area is 97.5 Å². The Hall–Kier alpha value is -1.75. The molecule has 0 fully saturated rings. The van der Waals surface area contributed by atoms with E-state index >= 15 is 0 Å². The first-order chi connectivity index (χ1) is 7.56. The third-order valence-electron chi connectivity index (χ3n) is 1.77. The lowest BCUT2D eigenvalue weighted by molar-refractivity contribution is 0.0691. The molecule has 86 valence electrons. The molecule has 1 heterocycles. The Bertz CT molecular complexity index is 432. The maximum atomic E-state index is 10.8. The lowest BCUT2D eigenvalue weighted by atomic mass is 10.2. The van der Waals surface area contributed by atoms with Gasteiger partial charge in [-0.3, -0.25) is 0 Å². The Morgan fingerprint density at radius 2 is 2.44 bits per heavy atom. The van der Waals surface area contributed by atoms with Crippen molar-refractivity contribution in [3.05, 3.63) is 28.7 Å². The summed E-state index contributed by atoms with van der Waals surface area (Å²) in [7, 11) is 0. The van der Waals surface area contributed by atoms with Gasteiger partial charge >= 0.3 is 5.97 Å². The van der Waals surface area contributed by atoms with Gasteiger partial charge in [0.15, 0.2) is 5.69 Å². The van der Waals surface area contributed by atoms with Crippen LogP contribution in [-0.2, 0) is 4.74 Å². The fourth-order valence-electron chi connectivity index (χ4n) is 1.06. The van der Waals surface area contributed by atoms with Gasteiger partial charge in [0.25, 0.3) is 0 Å². The number of aromatic carboxylic acids is 1. The third-order valence-corrected chi connectivity index (χ3v) is 1.97. The number of pyridine rings is 1. The zero-order chi connectivity index (χ0) is 12.1. The van der Waals surface area contributed by atoms with Gasteiger partial charge in [-0.15, -0.1) is 0 Å². The molecule has 1 aromatic rings. The molecule has 0 aliphatic carbocycles. The second-order valence-corrected chi connectivity index (χ2v) is 3.25. The van der Waals surface area contributed by atoms with Gasteiger partial charge in [0, 0.05) is 5.56 Å². The molecule has 3 N–H and O–H groups in total. The van der Waals surface area contributed by atoms with Crippen molar-refractivity contribution in [2.24, 2.45) is 0 Å². The van der Waals surface area contributed by atoms with Crippen LogP contribution in [0.4, 0.5) is 5.69 Å². The van der Waals surface area contributed by atoms with Crippen molar-refractivity contribution >= 4 is 29.3 Å². The van der Waals surface area contributed by atoms with Gasteiger partial charge in [-0.25, -0.2) is 9.78 Å². The molecule has 0 aliphatic rings. The van der Waals surface area contributed by atoms with E-state index in [2.05, 4.69) is 4.98 Å². The minimum absolute atomic E-state index is 0.0628. The second-order valence-electron chi connectivity index (χ2n) is 2.86. The highest BCUT2D eigenvalue weighted by atomic mass is 35.5. The van der Waals surface area contributed by atoms with E-state index in [0.29, 0.717) is 12.2 Å². The molecule has 0 saturated carbocycles. The van der Waals surface area contributed by atoms with Crippen LogP contribution in [0.5, 0.6) is 0 Å². The van der Waals surface area contributed by atoms with E-state index in [-0.39, 0.29) is 16.5 Å². The second kappa shape index (κ2) is 5.37. The molecule has 5 nitrogen and oxygen atoms in total. The van der Waals surface area contributed by atoms with Crippen molar-refractivity contribution in [2.75, 3.05) is 12.3 Å². The number of nitrogens with zero attached hydrogens (tertiary/aromatic N) is 1. The van der Waals surface area contributed by atoms with E-state index in [1.807, 2.05) is 6.92 Å². The molecule has 1 rings (SSSR count). The van der Waals surface area contributed by atoms with Crippen LogP contribution in [0.25, 0.3) is 6.08 Å². The van der Waals surface area contributed by atoms with Crippen LogP contribution in [0.2, 0.25) is 5.15 Å². The number of carboxylic acid groups (broad SMARTS) is 1. The molecule has 1 aromatic heterocycles. The van der Waals surface area contributed by atoms with Gasteiger partial charge in [0.05, 0.1) is 18.6 Å². The SMILES string of the molecule is CCO/C=C/c1cc(Cl)nc(C(=O)O)c1N. The highest BCUT2D eigenvalue weighted by Gasteiger charge is 2.13. The number of nitrogens with two attached hydrogens (primary N) is 1. The first-order valence-corrected chi connectivity index (χ1v) is 4.91. The van der Waals surface area contributed by atoms with Crippen LogP contribution in [0.1, 0.15) is 23.0 Å². The number of aromatic nitrogens is 1. The molecular formula is C10H11ClN2O3. The van der Waals surface area contributed by atoms with Gasteiger partial charge in [-0.05, 0) is 19.1 Å². The molecule has 0 aliphatic heterocycles. The van der Waals surface area contributed by atoms with Crippen LogP contribution >= 0.6 is 11.6 Å². The fraction of sp³-hybridized carbons (Fsp3) is 0.200. The predicted octanol–water partition coefficient (Wildman–Crippen LogP) is 2.02. The number of hydrogen-bond acceptors (Lipinski definition) is 4. The summed E-state index contributed by atoms with van der Waals surface area (Å²) >= 11 is 5.67. The van der Waals surface area contributed by atoms with E-state index in [0.717, 1.165) is 0 Å². The van der Waals surface area contributed by atoms with E-state index in [4.69, 9.17) is 27.2 Å². The van der Waals surface area contributed by atoms with Gasteiger partial charge in [-0.2, -0.15) is 0 Å². The highest BCUT2D eigenvalue weighted by Crippen LogP contribution is 2.21. The van der Waals surface area contributed by atoms with Crippen LogP contribution in [0.15, 0.2) is 12.3 Å². The molecular weight excluding hydrogens is 232 g/mol. The molecule has 0 amide bonds. The highest BCUT2D eigenvalue weighted by molar-refractivity contribution is 6.29. The zero-order valence-corrected chi connectivity index (χ0v) is 9.36. The topological polar surface area (TPSA) is 85.4 Å². The molecule has 0 aromatic carbocycles. The standard InChI is InChI=1S/C10H11ClN2O3/c1-2-16-4-3-6-5-7(11)13-9(8(6)12)10(14)15/h3-5H,2,12H2,1H3,(H,14,15)/b4-3+. The van der Waals surface area contributed by atoms with Crippen LogP contribution in [-0.4, -0.2) is 22.7 Å². The smallest absolute Gasteiger partial charge is 0.356 e. The number of rotatable bonds is 4. The zero-order valence-electron chi connectivity index (χ0n) is 8.61. The number of carboxylic acids is 1. The average molecular weight is 243 g/mol. The number of hydrogen-bond donors (Lipinski definition) is 2. The van der Waals surface area contributed by atoms with Crippen molar-refractivity contribution in [1.82, 2.24) is 4.98 Å². The molecule has 0 bridgehead atoms. The molecule has 0 radical (unpaired) electrons. The molecule has 0 unspecified atom stereocenters. The molecule has 0 atom stereocenters. The quantitative estimate of drug-likeness (QED) is 0.623. The number of nitrogen functional groups attached to an aromatic ring is 1. The van der Waals surface area contributed by atoms with Crippen molar-refractivity contribution in [3.63, 3.8) is 0 Å². The monoisotopic (exact) mass is 242 g/mol. The molecule has 0 spiro atoms. The van der Waals surface area contributed by atoms with Gasteiger partial charge in [-0.1, -0.05) is 11.6 Å². The van der Waals surface area contributed by atoms with E-state index in [1.165, 1.54) is 12.3 Å². The van der Waals surface area contributed by atoms with Crippen molar-refractivity contribution < 1.29 is 14.6 Å². The summed E-state index contributed by atoms with van der Waals surface area (Å²) in [4.78, 5) is 14.4. The van der Waals surface area contributed by atoms with Crippen molar-refractivity contribution in [2.45, 2.75) is 6.92 Å². The van der Waals surface area contributed by atoms with E-state index in [9.17, 15) is 4.79 Å². The predicted molar refractivity (Wildman–Crippen MR) is 61.3 cm³/mol. The summed E-state index contributed by atoms with van der Waals surface area (Å²) in [5.41, 5.74) is 5.89. The summed E-state index contributed by atoms with van der Waals surface area (Å²) in [6.45, 7) is 2.34. The van der Waals surface area contributed by atoms with Crippen molar-refractivity contribution in [3.8, 4) is 0 Å². The molecule has 0 saturated heterocycles. The molecule has 6 heteroatoms. The summed E-state index contributed by atoms with van der Waals surface area (Å²) in [5, 5.41) is 8.90. The van der Waals surface area contributed by atoms with Crippen LogP contribution < -0.4 is 5.73 Å². The largest absolute Gasteiger partial charge is 0.501 e. The lowest BCUT2D eigenvalue weighted by Crippen LogP contribution is -2.07. The summed E-state index contributed by atoms with van der Waals surface area (Å²) < 4.78 is 4.99. The van der Waals surface area contributed by atoms with Crippen molar-refractivity contribution in [1.29, 1.82) is 0 Å². The minimum Gasteiger partial charge on any atom is -0.501 e. The Morgan fingerprint density at radius 3 is 3.00 bits per heavy atom. The molecule has 16 heavy (non-hydrogen) atoms. The Kier molecular flexibility index (Phi) is 4.13. The lowest BCUT2D eigenvalue weighted by Gasteiger charge is -2.04. The van der Waals surface area contributed by atoms with E-state index < -0.39 is 5.97 Å². The fourth-order valence-corrected chi connectivity index (χ4v) is 1.26. The van der Waals surface area contributed by atoms with Crippen LogP contribution in [0, 0.1) is 0 Å². The Morgan fingerprint density at radius 1 is 1.75 bits per heavy atom. The summed E-state index contributed by atoms with van der Waals surface area (Å²) in [5.74, 6) is -1.22. The van der Waals surface area contributed by atoms with Gasteiger partial charge in [0.2, 0.25) is 0 Å². The normalized spacial score (nSPS) is 10.6. The van der Waals surface area contributed by atoms with E-state index in [1.54, 1.807) is 6.08 Å². The summed E-state index contributed by atoms with van der Waals surface area (Å²) in [6.07, 6.45) is 2.96. The van der Waals surface area contributed by atoms with Gasteiger partial charge < -0.3 is 15.6 Å². The number of carbonyl (C=O) groups is 1. The maximum Gasteiger partial charge on any atom is 0.356 e. The third kappa shape index (κ3) is 2.87. The number of ether oxygens (including phenoxy) is 1. The number of halogens is 1. The first-order valence-electron chi connectivity index (χ1n) is 4.53.